The maximum absolute atomic E-state index is 12.3. The van der Waals surface area contributed by atoms with Crippen LogP contribution in [0.4, 0.5) is 13.2 Å². The third-order valence-electron chi connectivity index (χ3n) is 5.21. The van der Waals surface area contributed by atoms with Gasteiger partial charge in [-0.1, -0.05) is 48.5 Å². The first kappa shape index (κ1) is 17.2. The second kappa shape index (κ2) is 6.80. The van der Waals surface area contributed by atoms with Crippen molar-refractivity contribution in [2.75, 3.05) is 0 Å². The van der Waals surface area contributed by atoms with E-state index in [1.807, 2.05) is 6.07 Å². The van der Waals surface area contributed by atoms with Crippen molar-refractivity contribution in [3.63, 3.8) is 0 Å². The summed E-state index contributed by atoms with van der Waals surface area (Å²) in [7, 11) is 0. The third-order valence-corrected chi connectivity index (χ3v) is 5.21. The first-order valence-electron chi connectivity index (χ1n) is 8.84. The van der Waals surface area contributed by atoms with Crippen molar-refractivity contribution in [3.05, 3.63) is 71.8 Å². The Morgan fingerprint density at radius 2 is 1.69 bits per heavy atom. The van der Waals surface area contributed by atoms with Crippen LogP contribution in [-0.4, -0.2) is 23.3 Å². The molecule has 4 rings (SSSR count). The SMILES string of the molecule is FC(F)(F)Oc1ccc(C2=CC3CCC(C2)N3Cc2ccccc2)cc1. The summed E-state index contributed by atoms with van der Waals surface area (Å²) in [5, 5.41) is 0. The molecule has 0 aromatic heterocycles. The Hall–Kier alpha value is -2.27. The summed E-state index contributed by atoms with van der Waals surface area (Å²) in [5.41, 5.74) is 3.52. The summed E-state index contributed by atoms with van der Waals surface area (Å²) in [5.74, 6) is -0.175. The number of hydrogen-bond acceptors (Lipinski definition) is 2. The van der Waals surface area contributed by atoms with Crippen LogP contribution < -0.4 is 4.74 Å². The minimum absolute atomic E-state index is 0.175. The maximum Gasteiger partial charge on any atom is 0.573 e. The summed E-state index contributed by atoms with van der Waals surface area (Å²) in [6.07, 6.45) is 0.862. The molecule has 0 radical (unpaired) electrons. The Bertz CT molecular complexity index is 783. The van der Waals surface area contributed by atoms with E-state index in [1.54, 1.807) is 12.1 Å². The third kappa shape index (κ3) is 3.78. The van der Waals surface area contributed by atoms with E-state index in [4.69, 9.17) is 0 Å². The monoisotopic (exact) mass is 359 g/mol. The van der Waals surface area contributed by atoms with Gasteiger partial charge in [0.15, 0.2) is 0 Å². The molecule has 1 fully saturated rings. The van der Waals surface area contributed by atoms with Gasteiger partial charge in [-0.3, -0.25) is 4.90 Å². The van der Waals surface area contributed by atoms with Crippen LogP contribution >= 0.6 is 0 Å². The first-order valence-corrected chi connectivity index (χ1v) is 8.84. The fraction of sp³-hybridized carbons (Fsp3) is 0.333. The van der Waals surface area contributed by atoms with Gasteiger partial charge in [-0.25, -0.2) is 0 Å². The van der Waals surface area contributed by atoms with Crippen molar-refractivity contribution < 1.29 is 17.9 Å². The van der Waals surface area contributed by atoms with Gasteiger partial charge >= 0.3 is 6.36 Å². The van der Waals surface area contributed by atoms with Gasteiger partial charge in [-0.15, -0.1) is 13.2 Å². The minimum Gasteiger partial charge on any atom is -0.406 e. The van der Waals surface area contributed by atoms with E-state index < -0.39 is 6.36 Å². The highest BCUT2D eigenvalue weighted by Gasteiger charge is 2.36. The number of benzene rings is 2. The number of nitrogens with zero attached hydrogens (tertiary/aromatic N) is 1. The lowest BCUT2D eigenvalue weighted by atomic mass is 9.94. The summed E-state index contributed by atoms with van der Waals surface area (Å²) in [4.78, 5) is 2.54. The average Bonchev–Trinajstić information content (AvgIpc) is 2.84. The van der Waals surface area contributed by atoms with Crippen molar-refractivity contribution in [1.29, 1.82) is 0 Å². The van der Waals surface area contributed by atoms with Crippen LogP contribution in [0.5, 0.6) is 5.75 Å². The van der Waals surface area contributed by atoms with Crippen LogP contribution in [-0.2, 0) is 6.54 Å². The lowest BCUT2D eigenvalue weighted by Gasteiger charge is -2.34. The number of ether oxygens (including phenoxy) is 1. The molecule has 2 aliphatic heterocycles. The molecule has 0 N–H and O–H groups in total. The van der Waals surface area contributed by atoms with E-state index in [-0.39, 0.29) is 5.75 Å². The number of alkyl halides is 3. The number of fused-ring (bicyclic) bond motifs is 2. The molecule has 2 bridgehead atoms. The molecule has 1 saturated heterocycles. The zero-order valence-corrected chi connectivity index (χ0v) is 14.2. The molecule has 2 aliphatic rings. The number of rotatable bonds is 4. The van der Waals surface area contributed by atoms with Crippen molar-refractivity contribution in [2.24, 2.45) is 0 Å². The summed E-state index contributed by atoms with van der Waals surface area (Å²) < 4.78 is 40.8. The van der Waals surface area contributed by atoms with Gasteiger partial charge in [-0.2, -0.15) is 0 Å². The normalized spacial score (nSPS) is 23.0. The van der Waals surface area contributed by atoms with Gasteiger partial charge in [0.25, 0.3) is 0 Å². The highest BCUT2D eigenvalue weighted by molar-refractivity contribution is 5.68. The summed E-state index contributed by atoms with van der Waals surface area (Å²) >= 11 is 0. The van der Waals surface area contributed by atoms with Crippen molar-refractivity contribution in [1.82, 2.24) is 4.90 Å². The molecular formula is C21H20F3NO. The molecule has 0 saturated carbocycles. The van der Waals surface area contributed by atoms with Gasteiger partial charge < -0.3 is 4.74 Å². The molecule has 136 valence electrons. The van der Waals surface area contributed by atoms with Gasteiger partial charge in [0.2, 0.25) is 0 Å². The standard InChI is InChI=1S/C21H20F3NO/c22-21(23,24)26-20-10-6-16(7-11-20)17-12-18-8-9-19(13-17)25(18)14-15-4-2-1-3-5-15/h1-7,10-12,18-19H,8-9,13-14H2. The van der Waals surface area contributed by atoms with Gasteiger partial charge in [0.1, 0.15) is 5.75 Å². The maximum atomic E-state index is 12.3. The van der Waals surface area contributed by atoms with Crippen LogP contribution in [0.3, 0.4) is 0 Å². The van der Waals surface area contributed by atoms with E-state index in [9.17, 15) is 13.2 Å². The molecule has 0 aliphatic carbocycles. The molecule has 0 amide bonds. The Labute approximate surface area is 150 Å². The highest BCUT2D eigenvalue weighted by Crippen LogP contribution is 2.39. The molecule has 26 heavy (non-hydrogen) atoms. The largest absolute Gasteiger partial charge is 0.573 e. The summed E-state index contributed by atoms with van der Waals surface area (Å²) in [6.45, 7) is 0.943. The Morgan fingerprint density at radius 3 is 2.35 bits per heavy atom. The van der Waals surface area contributed by atoms with E-state index in [0.29, 0.717) is 12.1 Å². The van der Waals surface area contributed by atoms with Gasteiger partial charge in [0.05, 0.1) is 0 Å². The molecule has 2 nitrogen and oxygen atoms in total. The molecule has 2 heterocycles. The first-order chi connectivity index (χ1) is 12.5. The predicted octanol–water partition coefficient (Wildman–Crippen LogP) is 5.41. The quantitative estimate of drug-likeness (QED) is 0.724. The minimum atomic E-state index is -4.65. The molecule has 2 unspecified atom stereocenters. The van der Waals surface area contributed by atoms with Crippen LogP contribution in [0.15, 0.2) is 60.7 Å². The van der Waals surface area contributed by atoms with Crippen molar-refractivity contribution >= 4 is 5.57 Å². The zero-order valence-electron chi connectivity index (χ0n) is 14.2. The smallest absolute Gasteiger partial charge is 0.406 e. The van der Waals surface area contributed by atoms with E-state index in [1.165, 1.54) is 23.3 Å². The predicted molar refractivity (Wildman–Crippen MR) is 94.5 cm³/mol. The highest BCUT2D eigenvalue weighted by atomic mass is 19.4. The fourth-order valence-corrected chi connectivity index (χ4v) is 4.04. The van der Waals surface area contributed by atoms with Gasteiger partial charge in [-0.05, 0) is 48.1 Å². The average molecular weight is 359 g/mol. The summed E-state index contributed by atoms with van der Waals surface area (Å²) in [6, 6.07) is 17.6. The van der Waals surface area contributed by atoms with Crippen LogP contribution in [0, 0.1) is 0 Å². The molecule has 2 atom stereocenters. The Kier molecular flexibility index (Phi) is 4.49. The zero-order chi connectivity index (χ0) is 18.1. The number of hydrogen-bond donors (Lipinski definition) is 0. The van der Waals surface area contributed by atoms with Crippen molar-refractivity contribution in [2.45, 2.75) is 44.3 Å². The Balaban J connectivity index is 1.49. The van der Waals surface area contributed by atoms with Crippen molar-refractivity contribution in [3.8, 4) is 5.75 Å². The number of halogens is 3. The van der Waals surface area contributed by atoms with Crippen LogP contribution in [0.25, 0.3) is 5.57 Å². The topological polar surface area (TPSA) is 12.5 Å². The van der Waals surface area contributed by atoms with Crippen LogP contribution in [0.1, 0.15) is 30.4 Å². The van der Waals surface area contributed by atoms with E-state index in [2.05, 4.69) is 40.0 Å². The second-order valence-electron chi connectivity index (χ2n) is 6.92. The molecule has 0 spiro atoms. The van der Waals surface area contributed by atoms with Crippen LogP contribution in [0.2, 0.25) is 0 Å². The fourth-order valence-electron chi connectivity index (χ4n) is 4.04. The lowest BCUT2D eigenvalue weighted by molar-refractivity contribution is -0.274. The van der Waals surface area contributed by atoms with Gasteiger partial charge in [0, 0.05) is 18.6 Å². The molecule has 5 heteroatoms. The van der Waals surface area contributed by atoms with E-state index in [0.717, 1.165) is 31.4 Å². The van der Waals surface area contributed by atoms with E-state index >= 15 is 0 Å². The molecule has 2 aromatic carbocycles. The lowest BCUT2D eigenvalue weighted by Crippen LogP contribution is -2.37. The molecular weight excluding hydrogens is 339 g/mol. The second-order valence-corrected chi connectivity index (χ2v) is 6.92. The Morgan fingerprint density at radius 1 is 0.962 bits per heavy atom. The molecule has 2 aromatic rings.